The predicted octanol–water partition coefficient (Wildman–Crippen LogP) is 5.66. The highest BCUT2D eigenvalue weighted by molar-refractivity contribution is 8.76. The van der Waals surface area contributed by atoms with Crippen LogP contribution in [0.3, 0.4) is 0 Å². The molecule has 0 radical (unpaired) electrons. The summed E-state index contributed by atoms with van der Waals surface area (Å²) in [7, 11) is -1.20. The van der Waals surface area contributed by atoms with Gasteiger partial charge in [-0.25, -0.2) is 4.57 Å². The summed E-state index contributed by atoms with van der Waals surface area (Å²) in [5.41, 5.74) is 0. The molecule has 5 atom stereocenters. The topological polar surface area (TPSA) is 152 Å². The van der Waals surface area contributed by atoms with Crippen molar-refractivity contribution in [3.8, 4) is 0 Å². The number of ketones is 2. The lowest BCUT2D eigenvalue weighted by Gasteiger charge is -2.26. The van der Waals surface area contributed by atoms with Crippen LogP contribution < -0.4 is 5.32 Å². The van der Waals surface area contributed by atoms with Crippen molar-refractivity contribution >= 4 is 52.8 Å². The molecule has 2 fully saturated rings. The first kappa shape index (κ1) is 44.2. The van der Waals surface area contributed by atoms with E-state index in [1.54, 1.807) is 31.4 Å². The van der Waals surface area contributed by atoms with Crippen LogP contribution in [0.25, 0.3) is 0 Å². The number of nitrogens with one attached hydrogen (secondary N) is 1. The minimum atomic E-state index is -4.50. The third-order valence-electron chi connectivity index (χ3n) is 8.55. The van der Waals surface area contributed by atoms with Gasteiger partial charge in [0.25, 0.3) is 0 Å². The summed E-state index contributed by atoms with van der Waals surface area (Å²) in [5, 5.41) is 3.28. The Bertz CT molecular complexity index is 1100. The molecule has 0 aromatic rings. The van der Waals surface area contributed by atoms with Crippen molar-refractivity contribution in [1.82, 2.24) is 15.1 Å². The summed E-state index contributed by atoms with van der Waals surface area (Å²) in [6, 6.07) is -0.320. The van der Waals surface area contributed by atoms with Gasteiger partial charge in [0.1, 0.15) is 11.6 Å². The molecule has 12 nitrogen and oxygen atoms in total. The molecule has 49 heavy (non-hydrogen) atoms. The van der Waals surface area contributed by atoms with Crippen LogP contribution in [0.2, 0.25) is 0 Å². The molecule has 0 spiro atoms. The molecule has 0 aliphatic carbocycles. The number of carbonyl (C=O) groups is 4. The largest absolute Gasteiger partial charge is 0.472 e. The Balaban J connectivity index is 1.83. The third kappa shape index (κ3) is 17.9. The summed E-state index contributed by atoms with van der Waals surface area (Å²) in [5.74, 6) is 1.87. The summed E-state index contributed by atoms with van der Waals surface area (Å²) in [4.78, 5) is 64.4. The van der Waals surface area contributed by atoms with E-state index in [9.17, 15) is 28.6 Å². The molecule has 0 aromatic heterocycles. The van der Waals surface area contributed by atoms with Gasteiger partial charge in [-0.1, -0.05) is 56.2 Å². The van der Waals surface area contributed by atoms with Gasteiger partial charge >= 0.3 is 7.82 Å². The molecular formula is C34H62N3O9PS2. The van der Waals surface area contributed by atoms with E-state index < -0.39 is 20.0 Å². The van der Waals surface area contributed by atoms with E-state index in [-0.39, 0.29) is 73.4 Å². The van der Waals surface area contributed by atoms with E-state index in [4.69, 9.17) is 13.8 Å². The maximum absolute atomic E-state index is 13.2. The zero-order valence-corrected chi connectivity index (χ0v) is 33.3. The maximum Gasteiger partial charge on any atom is 0.472 e. The zero-order chi connectivity index (χ0) is 36.6. The number of Topliss-reactive ketones (excluding diaryl/α,β-unsaturated/α-hetero) is 2. The number of phosphoric acid groups is 1. The number of nitrogens with zero attached hydrogens (tertiary/aromatic N) is 2. The molecule has 0 aromatic carbocycles. The van der Waals surface area contributed by atoms with Crippen LogP contribution in [0.1, 0.15) is 106 Å². The standard InChI is InChI=1S/C34H62N3O9PS2/c1-24(2)32(39)14-17-49-48-16-9-11-33(40)37-21-31(19-29(37)22-44-26(5)6)46-47(42,43)45-23-28-18-27(7)20-36(28)34(41)13-12-30(38)10-8-15-35-25(3)4/h24-29,31,35H,8-23H2,1-7H3,(H,42,43)/t27-,28+,29+,31-/m1/s1. The molecule has 1 unspecified atom stereocenters. The Labute approximate surface area is 302 Å². The van der Waals surface area contributed by atoms with E-state index in [0.29, 0.717) is 57.7 Å². The van der Waals surface area contributed by atoms with Gasteiger partial charge in [0.15, 0.2) is 0 Å². The Hall–Kier alpha value is -0.990. The van der Waals surface area contributed by atoms with Crippen molar-refractivity contribution in [2.45, 2.75) is 137 Å². The average Bonchev–Trinajstić information content (AvgIpc) is 3.61. The molecular weight excluding hydrogens is 689 g/mol. The summed E-state index contributed by atoms with van der Waals surface area (Å²) in [6.45, 7) is 15.3. The minimum Gasteiger partial charge on any atom is -0.377 e. The molecule has 2 amide bonds. The predicted molar refractivity (Wildman–Crippen MR) is 196 cm³/mol. The highest BCUT2D eigenvalue weighted by Gasteiger charge is 2.41. The van der Waals surface area contributed by atoms with Crippen molar-refractivity contribution in [3.63, 3.8) is 0 Å². The van der Waals surface area contributed by atoms with Gasteiger partial charge in [-0.2, -0.15) is 0 Å². The first-order chi connectivity index (χ1) is 23.1. The number of hydrogen-bond donors (Lipinski definition) is 2. The monoisotopic (exact) mass is 751 g/mol. The van der Waals surface area contributed by atoms with Crippen LogP contribution in [0.5, 0.6) is 0 Å². The normalized spacial score (nSPS) is 22.4. The SMILES string of the molecule is CC(C)NCCCC(=O)CCC(=O)N1C[C@H](C)C[C@H]1COP(=O)(O)O[C@@H]1C[C@@H](COC(C)C)N(C(=O)CCCSSCCC(=O)C(C)C)C1. The summed E-state index contributed by atoms with van der Waals surface area (Å²) in [6.07, 6.45) is 3.22. The van der Waals surface area contributed by atoms with Crippen LogP contribution in [0.4, 0.5) is 0 Å². The van der Waals surface area contributed by atoms with Crippen molar-refractivity contribution in [2.75, 3.05) is 44.4 Å². The average molecular weight is 752 g/mol. The smallest absolute Gasteiger partial charge is 0.377 e. The van der Waals surface area contributed by atoms with E-state index in [1.807, 2.05) is 34.6 Å². The minimum absolute atomic E-state index is 0.0372. The van der Waals surface area contributed by atoms with Gasteiger partial charge in [-0.3, -0.25) is 28.2 Å². The van der Waals surface area contributed by atoms with Crippen molar-refractivity contribution in [3.05, 3.63) is 0 Å². The van der Waals surface area contributed by atoms with Crippen LogP contribution >= 0.6 is 29.4 Å². The summed E-state index contributed by atoms with van der Waals surface area (Å²) < 4.78 is 29.9. The number of phosphoric ester groups is 1. The van der Waals surface area contributed by atoms with Crippen LogP contribution in [-0.2, 0) is 37.5 Å². The number of ether oxygens (including phenoxy) is 1. The lowest BCUT2D eigenvalue weighted by Crippen LogP contribution is -2.39. The quantitative estimate of drug-likeness (QED) is 0.0674. The van der Waals surface area contributed by atoms with E-state index in [1.165, 1.54) is 0 Å². The number of likely N-dealkylation sites (tertiary alicyclic amines) is 2. The van der Waals surface area contributed by atoms with Gasteiger partial charge in [0, 0.05) is 68.7 Å². The Morgan fingerprint density at radius 3 is 2.16 bits per heavy atom. The Morgan fingerprint density at radius 2 is 1.49 bits per heavy atom. The second-order valence-corrected chi connectivity index (χ2v) is 18.3. The maximum atomic E-state index is 13.2. The molecule has 15 heteroatoms. The fraction of sp³-hybridized carbons (Fsp3) is 0.882. The fourth-order valence-electron chi connectivity index (χ4n) is 5.90. The first-order valence-electron chi connectivity index (χ1n) is 18.0. The molecule has 0 saturated carbocycles. The number of rotatable bonds is 25. The third-order valence-corrected chi connectivity index (χ3v) is 12.1. The van der Waals surface area contributed by atoms with Crippen LogP contribution in [0.15, 0.2) is 0 Å². The van der Waals surface area contributed by atoms with Crippen molar-refractivity contribution in [2.24, 2.45) is 11.8 Å². The van der Waals surface area contributed by atoms with Crippen molar-refractivity contribution in [1.29, 1.82) is 0 Å². The molecule has 2 aliphatic heterocycles. The molecule has 0 bridgehead atoms. The lowest BCUT2D eigenvalue weighted by atomic mass is 10.1. The Morgan fingerprint density at radius 1 is 0.837 bits per heavy atom. The number of hydrogen-bond acceptors (Lipinski definition) is 11. The Kier molecular flexibility index (Phi) is 20.6. The highest BCUT2D eigenvalue weighted by atomic mass is 33.1. The van der Waals surface area contributed by atoms with E-state index in [0.717, 1.165) is 24.5 Å². The fourth-order valence-corrected chi connectivity index (χ4v) is 8.94. The second kappa shape index (κ2) is 22.8. The highest BCUT2D eigenvalue weighted by Crippen LogP contribution is 2.47. The van der Waals surface area contributed by atoms with E-state index in [2.05, 4.69) is 19.2 Å². The molecule has 2 aliphatic rings. The first-order valence-corrected chi connectivity index (χ1v) is 21.9. The molecule has 2 rings (SSSR count). The van der Waals surface area contributed by atoms with Crippen molar-refractivity contribution < 1.29 is 42.4 Å². The molecule has 2 saturated heterocycles. The zero-order valence-electron chi connectivity index (χ0n) is 30.7. The van der Waals surface area contributed by atoms with E-state index >= 15 is 0 Å². The van der Waals surface area contributed by atoms with Gasteiger partial charge in [-0.05, 0) is 52.0 Å². The summed E-state index contributed by atoms with van der Waals surface area (Å²) >= 11 is 0. The van der Waals surface area contributed by atoms with Crippen LogP contribution in [-0.4, -0.2) is 113 Å². The number of carbonyl (C=O) groups excluding carboxylic acids is 4. The lowest BCUT2D eigenvalue weighted by molar-refractivity contribution is -0.134. The molecule has 284 valence electrons. The number of amides is 2. The van der Waals surface area contributed by atoms with Gasteiger partial charge in [0.05, 0.1) is 37.5 Å². The second-order valence-electron chi connectivity index (χ2n) is 14.2. The van der Waals surface area contributed by atoms with Gasteiger partial charge < -0.3 is 24.7 Å². The van der Waals surface area contributed by atoms with Crippen LogP contribution in [0, 0.1) is 11.8 Å². The molecule has 2 heterocycles. The van der Waals surface area contributed by atoms with Gasteiger partial charge in [-0.15, -0.1) is 0 Å². The van der Waals surface area contributed by atoms with Gasteiger partial charge in [0.2, 0.25) is 11.8 Å². The molecule has 2 N–H and O–H groups in total.